The Morgan fingerprint density at radius 1 is 1.41 bits per heavy atom. The molecule has 3 heteroatoms. The summed E-state index contributed by atoms with van der Waals surface area (Å²) < 4.78 is 0. The van der Waals surface area contributed by atoms with Crippen molar-refractivity contribution >= 4 is 0 Å². The molecule has 1 aromatic rings. The van der Waals surface area contributed by atoms with Gasteiger partial charge < -0.3 is 10.3 Å². The third-order valence-corrected chi connectivity index (χ3v) is 3.67. The standard InChI is InChI=1S/C14H22N2O/c1-3-10(2)15-9-12-8-11-6-4-5-7-13(11)16-14(12)17/h8,10,15H,3-7,9H2,1-2H3,(H,16,17). The summed E-state index contributed by atoms with van der Waals surface area (Å²) in [6, 6.07) is 2.56. The van der Waals surface area contributed by atoms with E-state index >= 15 is 0 Å². The summed E-state index contributed by atoms with van der Waals surface area (Å²) in [5.74, 6) is 0. The third kappa shape index (κ3) is 2.97. The van der Waals surface area contributed by atoms with Crippen molar-refractivity contribution in [1.29, 1.82) is 0 Å². The van der Waals surface area contributed by atoms with Gasteiger partial charge in [0.1, 0.15) is 0 Å². The Bertz CT molecular complexity index is 436. The Balaban J connectivity index is 2.14. The highest BCUT2D eigenvalue weighted by atomic mass is 16.1. The fraction of sp³-hybridized carbons (Fsp3) is 0.643. The van der Waals surface area contributed by atoms with E-state index in [0.717, 1.165) is 30.5 Å². The SMILES string of the molecule is CCC(C)NCc1cc2c([nH]c1=O)CCCC2. The molecule has 1 aliphatic rings. The summed E-state index contributed by atoms with van der Waals surface area (Å²) in [5, 5.41) is 3.38. The first kappa shape index (κ1) is 12.4. The van der Waals surface area contributed by atoms with Crippen molar-refractivity contribution in [3.05, 3.63) is 33.2 Å². The zero-order chi connectivity index (χ0) is 12.3. The predicted molar refractivity (Wildman–Crippen MR) is 70.3 cm³/mol. The molecule has 0 radical (unpaired) electrons. The lowest BCUT2D eigenvalue weighted by Crippen LogP contribution is -2.29. The lowest BCUT2D eigenvalue weighted by molar-refractivity contribution is 0.531. The molecule has 2 rings (SSSR count). The normalized spacial score (nSPS) is 16.6. The minimum Gasteiger partial charge on any atom is -0.326 e. The van der Waals surface area contributed by atoms with Crippen molar-refractivity contribution in [2.45, 2.75) is 58.5 Å². The molecule has 0 amide bonds. The summed E-state index contributed by atoms with van der Waals surface area (Å²) in [4.78, 5) is 14.9. The first-order valence-electron chi connectivity index (χ1n) is 6.68. The van der Waals surface area contributed by atoms with Crippen molar-refractivity contribution in [3.8, 4) is 0 Å². The first-order chi connectivity index (χ1) is 8.20. The molecule has 0 saturated heterocycles. The molecule has 0 aliphatic heterocycles. The van der Waals surface area contributed by atoms with Crippen LogP contribution in [0.15, 0.2) is 10.9 Å². The number of fused-ring (bicyclic) bond motifs is 1. The van der Waals surface area contributed by atoms with Crippen LogP contribution < -0.4 is 10.9 Å². The van der Waals surface area contributed by atoms with Crippen LogP contribution in [0.25, 0.3) is 0 Å². The van der Waals surface area contributed by atoms with E-state index in [4.69, 9.17) is 0 Å². The van der Waals surface area contributed by atoms with Gasteiger partial charge >= 0.3 is 0 Å². The molecule has 1 aromatic heterocycles. The predicted octanol–water partition coefficient (Wildman–Crippen LogP) is 2.14. The fourth-order valence-corrected chi connectivity index (χ4v) is 2.28. The lowest BCUT2D eigenvalue weighted by Gasteiger charge is -2.17. The molecule has 1 atom stereocenters. The van der Waals surface area contributed by atoms with Crippen molar-refractivity contribution in [1.82, 2.24) is 10.3 Å². The molecule has 2 N–H and O–H groups in total. The van der Waals surface area contributed by atoms with Gasteiger partial charge in [-0.3, -0.25) is 4.79 Å². The van der Waals surface area contributed by atoms with Crippen LogP contribution in [0.1, 0.15) is 49.9 Å². The number of aromatic amines is 1. The molecular weight excluding hydrogens is 212 g/mol. The fourth-order valence-electron chi connectivity index (χ4n) is 2.28. The van der Waals surface area contributed by atoms with Crippen molar-refractivity contribution < 1.29 is 0 Å². The van der Waals surface area contributed by atoms with Gasteiger partial charge in [0.15, 0.2) is 0 Å². The molecule has 1 unspecified atom stereocenters. The Morgan fingerprint density at radius 2 is 2.18 bits per heavy atom. The highest BCUT2D eigenvalue weighted by molar-refractivity contribution is 5.27. The highest BCUT2D eigenvalue weighted by Gasteiger charge is 2.12. The molecule has 0 bridgehead atoms. The van der Waals surface area contributed by atoms with Crippen LogP contribution in [-0.2, 0) is 19.4 Å². The van der Waals surface area contributed by atoms with Crippen molar-refractivity contribution in [3.63, 3.8) is 0 Å². The number of nitrogens with one attached hydrogen (secondary N) is 2. The number of rotatable bonds is 4. The molecule has 0 saturated carbocycles. The van der Waals surface area contributed by atoms with Crippen molar-refractivity contribution in [2.24, 2.45) is 0 Å². The van der Waals surface area contributed by atoms with Crippen LogP contribution in [0.4, 0.5) is 0 Å². The van der Waals surface area contributed by atoms with Gasteiger partial charge in [0.2, 0.25) is 0 Å². The van der Waals surface area contributed by atoms with Crippen LogP contribution >= 0.6 is 0 Å². The van der Waals surface area contributed by atoms with Crippen molar-refractivity contribution in [2.75, 3.05) is 0 Å². The van der Waals surface area contributed by atoms with E-state index < -0.39 is 0 Å². The van der Waals surface area contributed by atoms with E-state index in [2.05, 4.69) is 30.2 Å². The second-order valence-corrected chi connectivity index (χ2v) is 5.02. The van der Waals surface area contributed by atoms with E-state index in [1.54, 1.807) is 0 Å². The van der Waals surface area contributed by atoms with Gasteiger partial charge in [0.25, 0.3) is 5.56 Å². The second-order valence-electron chi connectivity index (χ2n) is 5.02. The second kappa shape index (κ2) is 5.50. The summed E-state index contributed by atoms with van der Waals surface area (Å²) in [6.07, 6.45) is 5.68. The van der Waals surface area contributed by atoms with Gasteiger partial charge in [0.05, 0.1) is 0 Å². The minimum absolute atomic E-state index is 0.0847. The molecule has 17 heavy (non-hydrogen) atoms. The van der Waals surface area contributed by atoms with E-state index in [0.29, 0.717) is 12.6 Å². The van der Waals surface area contributed by atoms with Gasteiger partial charge in [-0.25, -0.2) is 0 Å². The zero-order valence-electron chi connectivity index (χ0n) is 10.8. The maximum absolute atomic E-state index is 11.9. The van der Waals surface area contributed by atoms with E-state index in [1.165, 1.54) is 18.4 Å². The molecule has 1 heterocycles. The topological polar surface area (TPSA) is 44.9 Å². The Hall–Kier alpha value is -1.09. The number of hydrogen-bond acceptors (Lipinski definition) is 2. The molecule has 1 aliphatic carbocycles. The quantitative estimate of drug-likeness (QED) is 0.838. The summed E-state index contributed by atoms with van der Waals surface area (Å²) in [5.41, 5.74) is 3.47. The first-order valence-corrected chi connectivity index (χ1v) is 6.68. The average Bonchev–Trinajstić information content (AvgIpc) is 2.35. The average molecular weight is 234 g/mol. The van der Waals surface area contributed by atoms with Gasteiger partial charge in [-0.05, 0) is 50.7 Å². The Morgan fingerprint density at radius 3 is 2.94 bits per heavy atom. The molecule has 0 aromatic carbocycles. The van der Waals surface area contributed by atoms with Crippen LogP contribution in [0.5, 0.6) is 0 Å². The van der Waals surface area contributed by atoms with Gasteiger partial charge in [0, 0.05) is 23.8 Å². The summed E-state index contributed by atoms with van der Waals surface area (Å²) in [7, 11) is 0. The number of H-pyrrole nitrogens is 1. The van der Waals surface area contributed by atoms with Gasteiger partial charge in [-0.1, -0.05) is 6.92 Å². The van der Waals surface area contributed by atoms with E-state index in [9.17, 15) is 4.79 Å². The number of pyridine rings is 1. The number of aryl methyl sites for hydroxylation is 2. The maximum Gasteiger partial charge on any atom is 0.252 e. The Labute approximate surface area is 103 Å². The van der Waals surface area contributed by atoms with Crippen LogP contribution in [0.2, 0.25) is 0 Å². The van der Waals surface area contributed by atoms with Gasteiger partial charge in [-0.2, -0.15) is 0 Å². The number of aromatic nitrogens is 1. The summed E-state index contributed by atoms with van der Waals surface area (Å²) in [6.45, 7) is 4.97. The van der Waals surface area contributed by atoms with Crippen LogP contribution in [0, 0.1) is 0 Å². The molecule has 3 nitrogen and oxygen atoms in total. The Kier molecular flexibility index (Phi) is 4.00. The maximum atomic E-state index is 11.9. The zero-order valence-corrected chi connectivity index (χ0v) is 10.8. The monoisotopic (exact) mass is 234 g/mol. The smallest absolute Gasteiger partial charge is 0.252 e. The largest absolute Gasteiger partial charge is 0.326 e. The van der Waals surface area contributed by atoms with Crippen LogP contribution in [-0.4, -0.2) is 11.0 Å². The highest BCUT2D eigenvalue weighted by Crippen LogP contribution is 2.18. The minimum atomic E-state index is 0.0847. The molecule has 94 valence electrons. The lowest BCUT2D eigenvalue weighted by atomic mass is 9.95. The molecule has 0 spiro atoms. The number of hydrogen-bond donors (Lipinski definition) is 2. The molecule has 0 fully saturated rings. The van der Waals surface area contributed by atoms with E-state index in [1.807, 2.05) is 0 Å². The molecular formula is C14H22N2O. The summed E-state index contributed by atoms with van der Waals surface area (Å²) >= 11 is 0. The third-order valence-electron chi connectivity index (χ3n) is 3.67. The van der Waals surface area contributed by atoms with Gasteiger partial charge in [-0.15, -0.1) is 0 Å². The van der Waals surface area contributed by atoms with E-state index in [-0.39, 0.29) is 5.56 Å². The van der Waals surface area contributed by atoms with Crippen LogP contribution in [0.3, 0.4) is 0 Å².